The first-order chi connectivity index (χ1) is 11.7. The standard InChI is InChI=1S/C19H25N3O2/c1-3-7-16-20-18(24-22-16)11-6-10-17(23)21-19-13(2)12-14-8-4-5-9-15(14)19/h4-5,8-9,13,19H,3,6-7,10-12H2,1-2H3,(H,21,23)/t13-,19-/m0/s1. The van der Waals surface area contributed by atoms with Gasteiger partial charge in [-0.1, -0.05) is 43.3 Å². The van der Waals surface area contributed by atoms with Crippen LogP contribution in [0, 0.1) is 5.92 Å². The highest BCUT2D eigenvalue weighted by Crippen LogP contribution is 2.35. The average Bonchev–Trinajstić information content (AvgIpc) is 3.13. The van der Waals surface area contributed by atoms with Crippen LogP contribution in [0.4, 0.5) is 0 Å². The molecule has 1 heterocycles. The van der Waals surface area contributed by atoms with Crippen LogP contribution in [0.2, 0.25) is 0 Å². The average molecular weight is 327 g/mol. The molecule has 2 aromatic rings. The van der Waals surface area contributed by atoms with Crippen LogP contribution in [-0.2, 0) is 24.1 Å². The van der Waals surface area contributed by atoms with Crippen LogP contribution in [0.15, 0.2) is 28.8 Å². The molecule has 1 aliphatic carbocycles. The molecule has 24 heavy (non-hydrogen) atoms. The van der Waals surface area contributed by atoms with Gasteiger partial charge in [-0.15, -0.1) is 0 Å². The summed E-state index contributed by atoms with van der Waals surface area (Å²) >= 11 is 0. The summed E-state index contributed by atoms with van der Waals surface area (Å²) in [6.07, 6.45) is 4.73. The van der Waals surface area contributed by atoms with Gasteiger partial charge >= 0.3 is 0 Å². The van der Waals surface area contributed by atoms with Crippen LogP contribution >= 0.6 is 0 Å². The van der Waals surface area contributed by atoms with Crippen LogP contribution in [0.3, 0.4) is 0 Å². The zero-order valence-electron chi connectivity index (χ0n) is 14.4. The quantitative estimate of drug-likeness (QED) is 0.846. The predicted octanol–water partition coefficient (Wildman–Crippen LogP) is 3.39. The minimum Gasteiger partial charge on any atom is -0.349 e. The second kappa shape index (κ2) is 7.60. The number of nitrogens with zero attached hydrogens (tertiary/aromatic N) is 2. The van der Waals surface area contributed by atoms with E-state index in [9.17, 15) is 4.79 Å². The lowest BCUT2D eigenvalue weighted by Crippen LogP contribution is -2.30. The summed E-state index contributed by atoms with van der Waals surface area (Å²) in [4.78, 5) is 16.6. The van der Waals surface area contributed by atoms with Gasteiger partial charge < -0.3 is 9.84 Å². The summed E-state index contributed by atoms with van der Waals surface area (Å²) in [5.74, 6) is 1.93. The molecule has 1 N–H and O–H groups in total. The third kappa shape index (κ3) is 3.83. The van der Waals surface area contributed by atoms with Gasteiger partial charge in [-0.25, -0.2) is 0 Å². The van der Waals surface area contributed by atoms with E-state index in [4.69, 9.17) is 4.52 Å². The Morgan fingerprint density at radius 2 is 2.17 bits per heavy atom. The van der Waals surface area contributed by atoms with Gasteiger partial charge in [-0.3, -0.25) is 4.79 Å². The van der Waals surface area contributed by atoms with Crippen LogP contribution in [-0.4, -0.2) is 16.0 Å². The van der Waals surface area contributed by atoms with Crippen molar-refractivity contribution in [3.8, 4) is 0 Å². The SMILES string of the molecule is CCCc1noc(CCCC(=O)N[C@@H]2c3ccccc3C[C@@H]2C)n1. The maximum Gasteiger partial charge on any atom is 0.226 e. The lowest BCUT2D eigenvalue weighted by molar-refractivity contribution is -0.122. The first kappa shape index (κ1) is 16.7. The normalized spacial score (nSPS) is 19.2. The number of carbonyl (C=O) groups is 1. The van der Waals surface area contributed by atoms with Gasteiger partial charge in [0, 0.05) is 19.3 Å². The minimum absolute atomic E-state index is 0.0943. The molecule has 1 amide bonds. The van der Waals surface area contributed by atoms with Crippen LogP contribution < -0.4 is 5.32 Å². The van der Waals surface area contributed by atoms with Gasteiger partial charge in [0.15, 0.2) is 5.82 Å². The van der Waals surface area contributed by atoms with Crippen molar-refractivity contribution in [2.45, 2.75) is 58.4 Å². The van der Waals surface area contributed by atoms with Gasteiger partial charge in [0.2, 0.25) is 11.8 Å². The summed E-state index contributed by atoms with van der Waals surface area (Å²) in [6, 6.07) is 8.51. The number of fused-ring (bicyclic) bond motifs is 1. The molecule has 0 spiro atoms. The third-order valence-corrected chi connectivity index (χ3v) is 4.60. The zero-order valence-corrected chi connectivity index (χ0v) is 14.4. The number of carbonyl (C=O) groups excluding carboxylic acids is 1. The molecule has 0 radical (unpaired) electrons. The topological polar surface area (TPSA) is 68.0 Å². The number of aryl methyl sites for hydroxylation is 2. The van der Waals surface area contributed by atoms with Crippen molar-refractivity contribution >= 4 is 5.91 Å². The highest BCUT2D eigenvalue weighted by atomic mass is 16.5. The van der Waals surface area contributed by atoms with Gasteiger partial charge in [-0.05, 0) is 36.3 Å². The Balaban J connectivity index is 1.47. The molecule has 1 aromatic carbocycles. The van der Waals surface area contributed by atoms with Crippen molar-refractivity contribution in [3.05, 3.63) is 47.1 Å². The van der Waals surface area contributed by atoms with Crippen molar-refractivity contribution in [3.63, 3.8) is 0 Å². The lowest BCUT2D eigenvalue weighted by Gasteiger charge is -2.18. The molecule has 0 fully saturated rings. The van der Waals surface area contributed by atoms with E-state index in [0.717, 1.165) is 31.5 Å². The molecule has 5 nitrogen and oxygen atoms in total. The Hall–Kier alpha value is -2.17. The molecular formula is C19H25N3O2. The molecule has 5 heteroatoms. The molecule has 0 saturated carbocycles. The summed E-state index contributed by atoms with van der Waals surface area (Å²) in [5, 5.41) is 7.13. The maximum absolute atomic E-state index is 12.3. The molecule has 3 rings (SSSR count). The van der Waals surface area contributed by atoms with Gasteiger partial charge in [0.1, 0.15) is 0 Å². The molecule has 0 bridgehead atoms. The van der Waals surface area contributed by atoms with E-state index >= 15 is 0 Å². The molecule has 0 unspecified atom stereocenters. The Kier molecular flexibility index (Phi) is 5.28. The molecule has 1 aliphatic rings. The van der Waals surface area contributed by atoms with Crippen molar-refractivity contribution in [1.82, 2.24) is 15.5 Å². The van der Waals surface area contributed by atoms with E-state index in [1.54, 1.807) is 0 Å². The van der Waals surface area contributed by atoms with Gasteiger partial charge in [-0.2, -0.15) is 4.98 Å². The molecule has 2 atom stereocenters. The minimum atomic E-state index is 0.0943. The Morgan fingerprint density at radius 3 is 3.00 bits per heavy atom. The Bertz CT molecular complexity index is 695. The zero-order chi connectivity index (χ0) is 16.9. The Morgan fingerprint density at radius 1 is 1.33 bits per heavy atom. The smallest absolute Gasteiger partial charge is 0.226 e. The summed E-state index contributed by atoms with van der Waals surface area (Å²) in [7, 11) is 0. The van der Waals surface area contributed by atoms with E-state index < -0.39 is 0 Å². The second-order valence-corrected chi connectivity index (χ2v) is 6.63. The van der Waals surface area contributed by atoms with Crippen LogP contribution in [0.5, 0.6) is 0 Å². The lowest BCUT2D eigenvalue weighted by atomic mass is 10.0. The molecule has 128 valence electrons. The first-order valence-electron chi connectivity index (χ1n) is 8.86. The Labute approximate surface area is 142 Å². The van der Waals surface area contributed by atoms with Crippen molar-refractivity contribution < 1.29 is 9.32 Å². The summed E-state index contributed by atoms with van der Waals surface area (Å²) in [6.45, 7) is 4.28. The number of amides is 1. The molecule has 0 aliphatic heterocycles. The van der Waals surface area contributed by atoms with Crippen molar-refractivity contribution in [2.24, 2.45) is 5.92 Å². The van der Waals surface area contributed by atoms with E-state index in [0.29, 0.717) is 24.7 Å². The fraction of sp³-hybridized carbons (Fsp3) is 0.526. The number of rotatable bonds is 7. The van der Waals surface area contributed by atoms with Crippen LogP contribution in [0.25, 0.3) is 0 Å². The van der Waals surface area contributed by atoms with Gasteiger partial charge in [0.05, 0.1) is 6.04 Å². The fourth-order valence-corrected chi connectivity index (χ4v) is 3.38. The molecule has 0 saturated heterocycles. The monoisotopic (exact) mass is 327 g/mol. The van der Waals surface area contributed by atoms with E-state index in [2.05, 4.69) is 47.5 Å². The highest BCUT2D eigenvalue weighted by Gasteiger charge is 2.29. The van der Waals surface area contributed by atoms with E-state index in [-0.39, 0.29) is 11.9 Å². The number of hydrogen-bond donors (Lipinski definition) is 1. The number of hydrogen-bond acceptors (Lipinski definition) is 4. The maximum atomic E-state index is 12.3. The second-order valence-electron chi connectivity index (χ2n) is 6.63. The summed E-state index contributed by atoms with van der Waals surface area (Å²) < 4.78 is 5.20. The third-order valence-electron chi connectivity index (χ3n) is 4.60. The van der Waals surface area contributed by atoms with Crippen molar-refractivity contribution in [2.75, 3.05) is 0 Å². The fourth-order valence-electron chi connectivity index (χ4n) is 3.38. The van der Waals surface area contributed by atoms with Gasteiger partial charge in [0.25, 0.3) is 0 Å². The largest absolute Gasteiger partial charge is 0.349 e. The number of benzene rings is 1. The highest BCUT2D eigenvalue weighted by molar-refractivity contribution is 5.76. The molecule has 1 aromatic heterocycles. The predicted molar refractivity (Wildman–Crippen MR) is 91.4 cm³/mol. The van der Waals surface area contributed by atoms with Crippen LogP contribution in [0.1, 0.15) is 62.0 Å². The van der Waals surface area contributed by atoms with E-state index in [1.165, 1.54) is 11.1 Å². The van der Waals surface area contributed by atoms with Crippen molar-refractivity contribution in [1.29, 1.82) is 0 Å². The van der Waals surface area contributed by atoms with E-state index in [1.807, 2.05) is 6.07 Å². The summed E-state index contributed by atoms with van der Waals surface area (Å²) in [5.41, 5.74) is 2.61. The molecular weight excluding hydrogens is 302 g/mol. The number of aromatic nitrogens is 2. The number of nitrogens with one attached hydrogen (secondary N) is 1. The first-order valence-corrected chi connectivity index (χ1v) is 8.86.